The maximum atomic E-state index is 5.32. The third-order valence-electron chi connectivity index (χ3n) is 2.90. The number of hydrogen-bond acceptors (Lipinski definition) is 3. The van der Waals surface area contributed by atoms with Crippen molar-refractivity contribution in [1.82, 2.24) is 4.98 Å². The van der Waals surface area contributed by atoms with Gasteiger partial charge < -0.3 is 23.9 Å². The molecule has 0 fully saturated rings. The molecule has 1 heterocycles. The number of unbranched alkanes of at least 4 members (excludes halogenated alkanes) is 2. The molecule has 0 saturated carbocycles. The monoisotopic (exact) mass is 281 g/mol. The van der Waals surface area contributed by atoms with Gasteiger partial charge >= 0.3 is 29.6 Å². The van der Waals surface area contributed by atoms with Crippen LogP contribution in [0.1, 0.15) is 19.8 Å². The van der Waals surface area contributed by atoms with Crippen LogP contribution in [0.25, 0.3) is 10.9 Å². The van der Waals surface area contributed by atoms with E-state index in [0.717, 1.165) is 41.7 Å². The van der Waals surface area contributed by atoms with Crippen LogP contribution in [-0.4, -0.2) is 18.6 Å². The molecule has 0 bridgehead atoms. The largest absolute Gasteiger partial charge is 1.00 e. The number of anilines is 1. The Labute approximate surface area is 144 Å². The Kier molecular flexibility index (Phi) is 9.64. The predicted molar refractivity (Wildman–Crippen MR) is 82.4 cm³/mol. The van der Waals surface area contributed by atoms with Gasteiger partial charge in [0.05, 0.1) is 18.3 Å². The molecule has 0 atom stereocenters. The van der Waals surface area contributed by atoms with Crippen molar-refractivity contribution in [2.45, 2.75) is 19.8 Å². The Hall–Kier alpha value is -0.770. The third kappa shape index (κ3) is 4.97. The van der Waals surface area contributed by atoms with E-state index in [1.54, 1.807) is 7.11 Å². The summed E-state index contributed by atoms with van der Waals surface area (Å²) < 4.78 is 5.32. The van der Waals surface area contributed by atoms with Crippen molar-refractivity contribution in [1.29, 1.82) is 0 Å². The van der Waals surface area contributed by atoms with Gasteiger partial charge in [-0.3, -0.25) is 4.98 Å². The zero-order chi connectivity index (χ0) is 12.8. The van der Waals surface area contributed by atoms with Crippen LogP contribution in [0.3, 0.4) is 0 Å². The van der Waals surface area contributed by atoms with Gasteiger partial charge in [-0.1, -0.05) is 12.5 Å². The molecule has 0 unspecified atom stereocenters. The van der Waals surface area contributed by atoms with Crippen molar-refractivity contribution in [3.8, 4) is 5.75 Å². The molecule has 1 aromatic heterocycles. The first kappa shape index (κ1) is 19.2. The summed E-state index contributed by atoms with van der Waals surface area (Å²) >= 11 is 0. The molecular weight excluding hydrogens is 259 g/mol. The third-order valence-corrected chi connectivity index (χ3v) is 2.90. The number of pyridine rings is 1. The maximum absolute atomic E-state index is 5.32. The summed E-state index contributed by atoms with van der Waals surface area (Å²) in [7, 11) is 1.69. The number of nitrogens with zero attached hydrogens (tertiary/aromatic N) is 1. The zero-order valence-electron chi connectivity index (χ0n) is 12.9. The Morgan fingerprint density at radius 2 is 2.15 bits per heavy atom. The van der Waals surface area contributed by atoms with Crippen molar-refractivity contribution in [3.05, 3.63) is 44.3 Å². The molecule has 4 heteroatoms. The Balaban J connectivity index is 0.00000180. The Morgan fingerprint density at radius 3 is 2.85 bits per heavy atom. The van der Waals surface area contributed by atoms with E-state index >= 15 is 0 Å². The fourth-order valence-electron chi connectivity index (χ4n) is 1.95. The minimum atomic E-state index is 0. The minimum absolute atomic E-state index is 0. The second-order valence-electron chi connectivity index (χ2n) is 4.23. The predicted octanol–water partition coefficient (Wildman–Crippen LogP) is 1.11. The van der Waals surface area contributed by atoms with Crippen LogP contribution in [0.15, 0.2) is 30.5 Å². The molecule has 2 rings (SSSR count). The summed E-state index contributed by atoms with van der Waals surface area (Å²) in [4.78, 5) is 4.43. The van der Waals surface area contributed by atoms with Gasteiger partial charge in [0, 0.05) is 24.2 Å². The number of methoxy groups -OCH3 is 1. The average molecular weight is 281 g/mol. The number of rotatable bonds is 6. The standard InChI is InChI=1S/C15H19N2O.CH3.Na/c1-3-4-5-8-16-14-11-13(18-2)10-12-7-6-9-17-15(12)14;;/h3,6-7,9-11,16H,4-5,8H2,1-2H3;1H3;/q2*-1;+1. The van der Waals surface area contributed by atoms with E-state index in [1.165, 1.54) is 0 Å². The molecule has 2 aromatic rings. The average Bonchev–Trinajstić information content (AvgIpc) is 2.43. The van der Waals surface area contributed by atoms with Gasteiger partial charge in [0.25, 0.3) is 0 Å². The van der Waals surface area contributed by atoms with E-state index in [1.807, 2.05) is 24.4 Å². The molecule has 0 spiro atoms. The molecule has 0 aliphatic rings. The summed E-state index contributed by atoms with van der Waals surface area (Å²) in [6.07, 6.45) is 6.26. The number of benzene rings is 1. The summed E-state index contributed by atoms with van der Waals surface area (Å²) in [5.41, 5.74) is 2.04. The van der Waals surface area contributed by atoms with Crippen LogP contribution in [0.2, 0.25) is 0 Å². The fourth-order valence-corrected chi connectivity index (χ4v) is 1.95. The topological polar surface area (TPSA) is 34.1 Å². The molecule has 0 amide bonds. The van der Waals surface area contributed by atoms with E-state index in [2.05, 4.69) is 29.7 Å². The van der Waals surface area contributed by atoms with Gasteiger partial charge in [-0.2, -0.15) is 13.3 Å². The van der Waals surface area contributed by atoms with Gasteiger partial charge in [0.2, 0.25) is 0 Å². The minimum Gasteiger partial charge on any atom is -0.497 e. The molecule has 1 N–H and O–H groups in total. The van der Waals surface area contributed by atoms with Crippen LogP contribution < -0.4 is 39.6 Å². The van der Waals surface area contributed by atoms with Crippen molar-refractivity contribution >= 4 is 16.6 Å². The van der Waals surface area contributed by atoms with Crippen molar-refractivity contribution < 1.29 is 34.3 Å². The molecule has 0 aliphatic heterocycles. The van der Waals surface area contributed by atoms with Crippen LogP contribution in [0.5, 0.6) is 5.75 Å². The quantitative estimate of drug-likeness (QED) is 0.489. The number of hydrogen-bond donors (Lipinski definition) is 1. The summed E-state index contributed by atoms with van der Waals surface area (Å²) in [5.74, 6) is 0.861. The zero-order valence-corrected chi connectivity index (χ0v) is 14.9. The van der Waals surface area contributed by atoms with Gasteiger partial charge in [-0.05, 0) is 12.1 Å². The van der Waals surface area contributed by atoms with Crippen molar-refractivity contribution in [3.63, 3.8) is 0 Å². The Bertz CT molecular complexity index is 517. The van der Waals surface area contributed by atoms with E-state index < -0.39 is 0 Å². The maximum Gasteiger partial charge on any atom is 1.00 e. The summed E-state index contributed by atoms with van der Waals surface area (Å²) in [6, 6.07) is 8.01. The second kappa shape index (κ2) is 10.0. The van der Waals surface area contributed by atoms with E-state index in [4.69, 9.17) is 4.74 Å². The first-order valence-corrected chi connectivity index (χ1v) is 6.29. The Morgan fingerprint density at radius 1 is 1.35 bits per heavy atom. The number of aromatic nitrogens is 1. The van der Waals surface area contributed by atoms with Crippen LogP contribution in [0.4, 0.5) is 5.69 Å². The van der Waals surface area contributed by atoms with Gasteiger partial charge in [0.1, 0.15) is 5.75 Å². The normalized spacial score (nSPS) is 9.50. The van der Waals surface area contributed by atoms with Crippen LogP contribution >= 0.6 is 0 Å². The van der Waals surface area contributed by atoms with Gasteiger partial charge in [0.15, 0.2) is 0 Å². The second-order valence-corrected chi connectivity index (χ2v) is 4.23. The number of nitrogens with one attached hydrogen (secondary N) is 1. The van der Waals surface area contributed by atoms with Crippen molar-refractivity contribution in [2.24, 2.45) is 0 Å². The SMILES string of the molecule is C[CH-]CCCNc1cc(OC)cc2cccnc12.[CH3-].[Na+]. The molecule has 0 radical (unpaired) electrons. The van der Waals surface area contributed by atoms with Crippen LogP contribution in [0, 0.1) is 13.8 Å². The smallest absolute Gasteiger partial charge is 0.497 e. The van der Waals surface area contributed by atoms with E-state index in [9.17, 15) is 0 Å². The summed E-state index contributed by atoms with van der Waals surface area (Å²) in [6.45, 7) is 3.03. The van der Waals surface area contributed by atoms with Gasteiger partial charge in [-0.15, -0.1) is 0 Å². The first-order valence-electron chi connectivity index (χ1n) is 6.29. The van der Waals surface area contributed by atoms with Crippen LogP contribution in [-0.2, 0) is 0 Å². The molecule has 20 heavy (non-hydrogen) atoms. The fraction of sp³-hybridized carbons (Fsp3) is 0.312. The van der Waals surface area contributed by atoms with E-state index in [0.29, 0.717) is 0 Å². The number of fused-ring (bicyclic) bond motifs is 1. The molecular formula is C16H22N2NaO-. The van der Waals surface area contributed by atoms with Gasteiger partial charge in [-0.25, -0.2) is 0 Å². The molecule has 104 valence electrons. The first-order chi connectivity index (χ1) is 8.85. The van der Waals surface area contributed by atoms with Crippen molar-refractivity contribution in [2.75, 3.05) is 19.0 Å². The molecule has 0 aliphatic carbocycles. The molecule has 0 saturated heterocycles. The number of ether oxygens (including phenoxy) is 1. The molecule has 1 aromatic carbocycles. The van der Waals surface area contributed by atoms with E-state index in [-0.39, 0.29) is 37.0 Å². The molecule has 3 nitrogen and oxygen atoms in total. The summed E-state index contributed by atoms with van der Waals surface area (Å²) in [5, 5.41) is 4.53.